The number of rotatable bonds is 2. The van der Waals surface area contributed by atoms with Crippen LogP contribution in [0.1, 0.15) is 50.0 Å². The molecule has 2 bridgehead atoms. The van der Waals surface area contributed by atoms with Gasteiger partial charge in [0.1, 0.15) is 6.61 Å². The van der Waals surface area contributed by atoms with E-state index in [2.05, 4.69) is 9.62 Å². The smallest absolute Gasteiger partial charge is 0.209 e. The van der Waals surface area contributed by atoms with E-state index in [1.165, 1.54) is 12.3 Å². The third-order valence-corrected chi connectivity index (χ3v) is 7.23. The molecular formula is C21H31FN2O4S. The monoisotopic (exact) mass is 426 g/mol. The molecular weight excluding hydrogens is 395 g/mol. The normalized spacial score (nSPS) is 31.5. The maximum Gasteiger partial charge on any atom is 0.209 e. The van der Waals surface area contributed by atoms with Gasteiger partial charge in [0.2, 0.25) is 10.0 Å². The summed E-state index contributed by atoms with van der Waals surface area (Å²) in [5, 5.41) is 0. The van der Waals surface area contributed by atoms with E-state index in [9.17, 15) is 12.8 Å². The van der Waals surface area contributed by atoms with Crippen molar-refractivity contribution in [2.75, 3.05) is 32.6 Å². The zero-order chi connectivity index (χ0) is 20.4. The summed E-state index contributed by atoms with van der Waals surface area (Å²) in [4.78, 5) is 2.23. The number of ether oxygens (including phenoxy) is 2. The van der Waals surface area contributed by atoms with Gasteiger partial charge in [-0.05, 0) is 57.1 Å². The molecule has 162 valence electrons. The van der Waals surface area contributed by atoms with Gasteiger partial charge in [-0.3, -0.25) is 4.90 Å². The second-order valence-corrected chi connectivity index (χ2v) is 10.3. The van der Waals surface area contributed by atoms with Crippen molar-refractivity contribution in [1.29, 1.82) is 0 Å². The summed E-state index contributed by atoms with van der Waals surface area (Å²) in [5.41, 5.74) is 0.967. The van der Waals surface area contributed by atoms with Gasteiger partial charge in [-0.25, -0.2) is 17.5 Å². The number of hydrogen-bond donors (Lipinski definition) is 1. The van der Waals surface area contributed by atoms with Crippen LogP contribution in [0.15, 0.2) is 18.2 Å². The fraction of sp³-hybridized carbons (Fsp3) is 0.714. The van der Waals surface area contributed by atoms with Crippen molar-refractivity contribution in [3.8, 4) is 5.75 Å². The van der Waals surface area contributed by atoms with E-state index in [1.807, 2.05) is 6.07 Å². The Morgan fingerprint density at radius 2 is 1.93 bits per heavy atom. The highest BCUT2D eigenvalue weighted by Crippen LogP contribution is 2.39. The van der Waals surface area contributed by atoms with E-state index in [0.717, 1.165) is 50.6 Å². The molecule has 2 fully saturated rings. The fourth-order valence-electron chi connectivity index (χ4n) is 5.08. The number of nitrogens with one attached hydrogen (secondary N) is 1. The Morgan fingerprint density at radius 3 is 2.69 bits per heavy atom. The van der Waals surface area contributed by atoms with Crippen molar-refractivity contribution in [3.63, 3.8) is 0 Å². The Morgan fingerprint density at radius 1 is 1.14 bits per heavy atom. The molecule has 3 heterocycles. The van der Waals surface area contributed by atoms with Gasteiger partial charge in [0.15, 0.2) is 11.6 Å². The van der Waals surface area contributed by atoms with Gasteiger partial charge in [-0.2, -0.15) is 0 Å². The second-order valence-electron chi connectivity index (χ2n) is 8.56. The summed E-state index contributed by atoms with van der Waals surface area (Å²) in [6.07, 6.45) is 6.83. The molecule has 0 amide bonds. The van der Waals surface area contributed by atoms with Crippen LogP contribution in [0.2, 0.25) is 0 Å². The van der Waals surface area contributed by atoms with Crippen LogP contribution < -0.4 is 9.46 Å². The van der Waals surface area contributed by atoms with Gasteiger partial charge in [-0.15, -0.1) is 0 Å². The molecule has 29 heavy (non-hydrogen) atoms. The number of benzene rings is 1. The lowest BCUT2D eigenvalue weighted by Gasteiger charge is -2.41. The predicted molar refractivity (Wildman–Crippen MR) is 109 cm³/mol. The minimum atomic E-state index is -3.30. The molecule has 1 unspecified atom stereocenters. The number of para-hydroxylation sites is 1. The van der Waals surface area contributed by atoms with Crippen LogP contribution in [-0.2, 0) is 14.8 Å². The predicted octanol–water partition coefficient (Wildman–Crippen LogP) is 2.64. The minimum absolute atomic E-state index is 0.0411. The van der Waals surface area contributed by atoms with Crippen LogP contribution in [0.4, 0.5) is 4.39 Å². The van der Waals surface area contributed by atoms with Crippen LogP contribution in [-0.4, -0.2) is 64.1 Å². The van der Waals surface area contributed by atoms with E-state index in [-0.39, 0.29) is 24.0 Å². The molecule has 2 atom stereocenters. The van der Waals surface area contributed by atoms with Crippen LogP contribution in [0.3, 0.4) is 0 Å². The summed E-state index contributed by atoms with van der Waals surface area (Å²) < 4.78 is 53.3. The molecule has 8 heteroatoms. The van der Waals surface area contributed by atoms with Crippen molar-refractivity contribution in [2.24, 2.45) is 0 Å². The van der Waals surface area contributed by atoms with Crippen LogP contribution in [0.25, 0.3) is 0 Å². The summed E-state index contributed by atoms with van der Waals surface area (Å²) in [6, 6.07) is 4.99. The van der Waals surface area contributed by atoms with Gasteiger partial charge in [0.05, 0.1) is 19.0 Å². The SMILES string of the molecule is CS(=O)(=O)N[C@H]1CCCN2CCOc3c(F)cccc3C3CCC(CC3)OCC12. The van der Waals surface area contributed by atoms with Crippen molar-refractivity contribution < 1.29 is 22.3 Å². The first kappa shape index (κ1) is 21.0. The molecule has 1 aliphatic carbocycles. The lowest BCUT2D eigenvalue weighted by atomic mass is 9.82. The van der Waals surface area contributed by atoms with Crippen molar-refractivity contribution >= 4 is 10.0 Å². The fourth-order valence-corrected chi connectivity index (χ4v) is 5.90. The summed E-state index contributed by atoms with van der Waals surface area (Å²) in [7, 11) is -3.30. The Hall–Kier alpha value is -1.22. The third-order valence-electron chi connectivity index (χ3n) is 6.50. The molecule has 3 aliphatic heterocycles. The molecule has 6 nitrogen and oxygen atoms in total. The number of fused-ring (bicyclic) bond motifs is 5. The Balaban J connectivity index is 1.58. The first-order chi connectivity index (χ1) is 13.9. The molecule has 1 saturated heterocycles. The van der Waals surface area contributed by atoms with Crippen molar-refractivity contribution in [3.05, 3.63) is 29.6 Å². The number of halogens is 1. The number of hydrogen-bond acceptors (Lipinski definition) is 5. The molecule has 1 aromatic carbocycles. The Labute approximate surface area is 172 Å². The second kappa shape index (κ2) is 8.88. The van der Waals surface area contributed by atoms with Gasteiger partial charge in [0.25, 0.3) is 0 Å². The highest BCUT2D eigenvalue weighted by atomic mass is 32.2. The number of nitrogens with zero attached hydrogens (tertiary/aromatic N) is 1. The quantitative estimate of drug-likeness (QED) is 0.788. The number of piperidine rings is 1. The molecule has 1 aromatic rings. The van der Waals surface area contributed by atoms with Crippen LogP contribution in [0, 0.1) is 5.82 Å². The zero-order valence-electron chi connectivity index (χ0n) is 17.0. The number of sulfonamides is 1. The summed E-state index contributed by atoms with van der Waals surface area (Å²) in [5.74, 6) is 0.376. The topological polar surface area (TPSA) is 67.9 Å². The molecule has 0 spiro atoms. The summed E-state index contributed by atoms with van der Waals surface area (Å²) >= 11 is 0. The first-order valence-corrected chi connectivity index (χ1v) is 12.5. The average Bonchev–Trinajstić information content (AvgIpc) is 2.69. The maximum atomic E-state index is 14.5. The lowest BCUT2D eigenvalue weighted by molar-refractivity contribution is -0.0284. The van der Waals surface area contributed by atoms with Crippen molar-refractivity contribution in [2.45, 2.75) is 62.6 Å². The van der Waals surface area contributed by atoms with E-state index in [0.29, 0.717) is 31.4 Å². The average molecular weight is 427 g/mol. The minimum Gasteiger partial charge on any atom is -0.489 e. The molecule has 4 aliphatic rings. The van der Waals surface area contributed by atoms with E-state index < -0.39 is 10.0 Å². The zero-order valence-corrected chi connectivity index (χ0v) is 17.8. The molecule has 1 saturated carbocycles. The third kappa shape index (κ3) is 5.10. The maximum absolute atomic E-state index is 14.5. The molecule has 0 radical (unpaired) electrons. The Bertz CT molecular complexity index is 811. The summed E-state index contributed by atoms with van der Waals surface area (Å²) in [6.45, 7) is 2.34. The Kier molecular flexibility index (Phi) is 6.44. The van der Waals surface area contributed by atoms with Gasteiger partial charge < -0.3 is 9.47 Å². The van der Waals surface area contributed by atoms with Crippen LogP contribution in [0.5, 0.6) is 5.75 Å². The molecule has 5 rings (SSSR count). The van der Waals surface area contributed by atoms with Gasteiger partial charge in [-0.1, -0.05) is 12.1 Å². The van der Waals surface area contributed by atoms with Gasteiger partial charge >= 0.3 is 0 Å². The largest absolute Gasteiger partial charge is 0.489 e. The highest BCUT2D eigenvalue weighted by Gasteiger charge is 2.35. The van der Waals surface area contributed by atoms with Gasteiger partial charge in [0, 0.05) is 24.2 Å². The van der Waals surface area contributed by atoms with Crippen LogP contribution >= 0.6 is 0 Å². The van der Waals surface area contributed by atoms with E-state index in [1.54, 1.807) is 6.07 Å². The first-order valence-electron chi connectivity index (χ1n) is 10.6. The lowest BCUT2D eigenvalue weighted by Crippen LogP contribution is -2.58. The standard InChI is InChI=1S/C21H31FN2O4S/c1-29(25,26)23-19-6-3-11-24-12-13-27-21-17(4-2-5-18(21)22)15-7-9-16(10-8-15)28-14-20(19)24/h2,4-5,15-16,19-20,23H,3,6-14H2,1H3/t15?,16?,19-,20?/m0/s1. The highest BCUT2D eigenvalue weighted by molar-refractivity contribution is 7.88. The molecule has 1 N–H and O–H groups in total. The van der Waals surface area contributed by atoms with E-state index in [4.69, 9.17) is 9.47 Å². The van der Waals surface area contributed by atoms with E-state index >= 15 is 0 Å². The molecule has 0 aromatic heterocycles. The van der Waals surface area contributed by atoms with Crippen molar-refractivity contribution in [1.82, 2.24) is 9.62 Å².